The van der Waals surface area contributed by atoms with Gasteiger partial charge in [-0.25, -0.2) is 0 Å². The van der Waals surface area contributed by atoms with Gasteiger partial charge in [-0.1, -0.05) is 0 Å². The van der Waals surface area contributed by atoms with Crippen molar-refractivity contribution in [1.29, 1.82) is 0 Å². The molecule has 2 heterocycles. The molecule has 1 aliphatic heterocycles. The fraction of sp³-hybridized carbons (Fsp3) is 0.643. The van der Waals surface area contributed by atoms with E-state index in [2.05, 4.69) is 38.0 Å². The molecule has 0 saturated carbocycles. The highest BCUT2D eigenvalue weighted by molar-refractivity contribution is 5.09. The van der Waals surface area contributed by atoms with Gasteiger partial charge in [0.25, 0.3) is 0 Å². The predicted octanol–water partition coefficient (Wildman–Crippen LogP) is -0.334. The summed E-state index contributed by atoms with van der Waals surface area (Å²) in [6.45, 7) is 9.46. The maximum Gasteiger partial charge on any atom is 0.0271 e. The van der Waals surface area contributed by atoms with Crippen LogP contribution in [0.3, 0.4) is 0 Å². The summed E-state index contributed by atoms with van der Waals surface area (Å²) in [6.07, 6.45) is 3.74. The second-order valence-corrected chi connectivity index (χ2v) is 4.88. The highest BCUT2D eigenvalue weighted by atomic mass is 15.2. The molecular weight excluding hydrogens is 238 g/mol. The van der Waals surface area contributed by atoms with Crippen LogP contribution >= 0.6 is 0 Å². The monoisotopic (exact) mass is 263 g/mol. The van der Waals surface area contributed by atoms with Crippen LogP contribution in [0.2, 0.25) is 0 Å². The average Bonchev–Trinajstić information content (AvgIpc) is 2.43. The van der Waals surface area contributed by atoms with Gasteiger partial charge in [-0.15, -0.1) is 0 Å². The van der Waals surface area contributed by atoms with Crippen LogP contribution in [0, 0.1) is 0 Å². The van der Waals surface area contributed by atoms with Crippen LogP contribution in [0.4, 0.5) is 0 Å². The zero-order chi connectivity index (χ0) is 13.2. The van der Waals surface area contributed by atoms with Gasteiger partial charge in [-0.2, -0.15) is 0 Å². The number of aromatic nitrogens is 1. The Bertz CT molecular complexity index is 318. The summed E-state index contributed by atoms with van der Waals surface area (Å²) in [5.74, 6) is 0. The Balaban J connectivity index is 1.81. The first-order valence-corrected chi connectivity index (χ1v) is 7.18. The number of nitrogens with zero attached hydrogens (tertiary/aromatic N) is 2. The second-order valence-electron chi connectivity index (χ2n) is 4.88. The van der Waals surface area contributed by atoms with E-state index in [1.807, 2.05) is 12.4 Å². The van der Waals surface area contributed by atoms with E-state index in [1.54, 1.807) is 0 Å². The molecule has 0 amide bonds. The maximum absolute atomic E-state index is 4.07. The van der Waals surface area contributed by atoms with E-state index >= 15 is 0 Å². The summed E-state index contributed by atoms with van der Waals surface area (Å²) in [5.41, 5.74) is 1.34. The average molecular weight is 263 g/mol. The lowest BCUT2D eigenvalue weighted by Gasteiger charge is -2.23. The second kappa shape index (κ2) is 8.98. The molecular formula is C14H25N5. The Labute approximate surface area is 115 Å². The number of pyridine rings is 1. The van der Waals surface area contributed by atoms with Gasteiger partial charge in [0.15, 0.2) is 0 Å². The van der Waals surface area contributed by atoms with E-state index in [0.29, 0.717) is 0 Å². The highest BCUT2D eigenvalue weighted by Gasteiger charge is 2.06. The molecule has 0 aromatic carbocycles. The molecule has 1 saturated heterocycles. The third kappa shape index (κ3) is 6.11. The van der Waals surface area contributed by atoms with Gasteiger partial charge in [-0.05, 0) is 17.7 Å². The summed E-state index contributed by atoms with van der Waals surface area (Å²) in [5, 5.41) is 10.4. The van der Waals surface area contributed by atoms with Crippen molar-refractivity contribution in [1.82, 2.24) is 25.8 Å². The first kappa shape index (κ1) is 14.4. The molecule has 1 aromatic heterocycles. The predicted molar refractivity (Wildman–Crippen MR) is 78.1 cm³/mol. The van der Waals surface area contributed by atoms with Crippen molar-refractivity contribution in [3.8, 4) is 0 Å². The first-order chi connectivity index (χ1) is 9.45. The lowest BCUT2D eigenvalue weighted by molar-refractivity contribution is 0.263. The Morgan fingerprint density at radius 2 is 1.37 bits per heavy atom. The topological polar surface area (TPSA) is 52.2 Å². The number of hydrogen-bond acceptors (Lipinski definition) is 5. The van der Waals surface area contributed by atoms with E-state index in [-0.39, 0.29) is 0 Å². The van der Waals surface area contributed by atoms with E-state index in [1.165, 1.54) is 5.56 Å². The Kier molecular flexibility index (Phi) is 6.81. The van der Waals surface area contributed by atoms with Gasteiger partial charge in [0, 0.05) is 71.3 Å². The maximum atomic E-state index is 4.07. The zero-order valence-corrected chi connectivity index (χ0v) is 11.6. The van der Waals surface area contributed by atoms with Gasteiger partial charge >= 0.3 is 0 Å². The molecule has 106 valence electrons. The molecule has 0 spiro atoms. The molecule has 0 aliphatic carbocycles. The van der Waals surface area contributed by atoms with Crippen LogP contribution in [-0.4, -0.2) is 62.2 Å². The van der Waals surface area contributed by atoms with Crippen molar-refractivity contribution >= 4 is 0 Å². The van der Waals surface area contributed by atoms with Gasteiger partial charge < -0.3 is 16.0 Å². The number of rotatable bonds is 2. The fourth-order valence-corrected chi connectivity index (χ4v) is 2.22. The molecule has 2 rings (SSSR count). The first-order valence-electron chi connectivity index (χ1n) is 7.18. The lowest BCUT2D eigenvalue weighted by atomic mass is 10.2. The van der Waals surface area contributed by atoms with Gasteiger partial charge in [0.1, 0.15) is 0 Å². The minimum Gasteiger partial charge on any atom is -0.314 e. The third-order valence-corrected chi connectivity index (χ3v) is 3.32. The standard InChI is InChI=1S/C14H25N5/c1-3-15-4-2-14(1)13-19-11-9-17-7-5-16-6-8-18-10-12-19/h1-4,16-18H,5-13H2. The molecule has 1 fully saturated rings. The number of nitrogens with one attached hydrogen (secondary N) is 3. The molecule has 0 radical (unpaired) electrons. The van der Waals surface area contributed by atoms with Gasteiger partial charge in [-0.3, -0.25) is 9.88 Å². The zero-order valence-electron chi connectivity index (χ0n) is 11.6. The minimum absolute atomic E-state index is 1.00. The molecule has 0 unspecified atom stereocenters. The van der Waals surface area contributed by atoms with Crippen LogP contribution in [-0.2, 0) is 6.54 Å². The normalized spacial score (nSPS) is 20.4. The lowest BCUT2D eigenvalue weighted by Crippen LogP contribution is -2.41. The summed E-state index contributed by atoms with van der Waals surface area (Å²) in [7, 11) is 0. The van der Waals surface area contributed by atoms with E-state index < -0.39 is 0 Å². The van der Waals surface area contributed by atoms with Crippen LogP contribution in [0.25, 0.3) is 0 Å². The molecule has 1 aromatic rings. The summed E-state index contributed by atoms with van der Waals surface area (Å²) in [4.78, 5) is 6.56. The van der Waals surface area contributed by atoms with Crippen LogP contribution < -0.4 is 16.0 Å². The van der Waals surface area contributed by atoms with Crippen LogP contribution in [0.1, 0.15) is 5.56 Å². The van der Waals surface area contributed by atoms with Gasteiger partial charge in [0.05, 0.1) is 0 Å². The summed E-state index contributed by atoms with van der Waals surface area (Å²) < 4.78 is 0. The van der Waals surface area contributed by atoms with Crippen molar-refractivity contribution in [3.05, 3.63) is 30.1 Å². The summed E-state index contributed by atoms with van der Waals surface area (Å²) >= 11 is 0. The van der Waals surface area contributed by atoms with Crippen LogP contribution in [0.15, 0.2) is 24.5 Å². The summed E-state index contributed by atoms with van der Waals surface area (Å²) in [6, 6.07) is 4.20. The fourth-order valence-electron chi connectivity index (χ4n) is 2.22. The van der Waals surface area contributed by atoms with Gasteiger partial charge in [0.2, 0.25) is 0 Å². The van der Waals surface area contributed by atoms with Crippen molar-refractivity contribution in [2.75, 3.05) is 52.4 Å². The van der Waals surface area contributed by atoms with Crippen molar-refractivity contribution < 1.29 is 0 Å². The third-order valence-electron chi connectivity index (χ3n) is 3.32. The van der Waals surface area contributed by atoms with Crippen molar-refractivity contribution in [2.24, 2.45) is 0 Å². The van der Waals surface area contributed by atoms with E-state index in [0.717, 1.165) is 58.9 Å². The largest absolute Gasteiger partial charge is 0.314 e. The molecule has 5 nitrogen and oxygen atoms in total. The molecule has 5 heteroatoms. The molecule has 19 heavy (non-hydrogen) atoms. The molecule has 1 aliphatic rings. The Morgan fingerprint density at radius 3 is 1.95 bits per heavy atom. The molecule has 0 atom stereocenters. The smallest absolute Gasteiger partial charge is 0.0271 e. The number of hydrogen-bond donors (Lipinski definition) is 3. The SMILES string of the molecule is c1cc(CN2CCNCCNCCNCC2)ccn1. The highest BCUT2D eigenvalue weighted by Crippen LogP contribution is 2.02. The van der Waals surface area contributed by atoms with Crippen molar-refractivity contribution in [3.63, 3.8) is 0 Å². The quantitative estimate of drug-likeness (QED) is 0.682. The Hall–Kier alpha value is -1.01. The molecule has 0 bridgehead atoms. The Morgan fingerprint density at radius 1 is 0.842 bits per heavy atom. The molecule has 3 N–H and O–H groups in total. The van der Waals surface area contributed by atoms with E-state index in [9.17, 15) is 0 Å². The van der Waals surface area contributed by atoms with E-state index in [4.69, 9.17) is 0 Å². The van der Waals surface area contributed by atoms with Crippen molar-refractivity contribution in [2.45, 2.75) is 6.54 Å². The minimum atomic E-state index is 1.00. The van der Waals surface area contributed by atoms with Crippen LogP contribution in [0.5, 0.6) is 0 Å².